The summed E-state index contributed by atoms with van der Waals surface area (Å²) in [7, 11) is 0. The van der Waals surface area contributed by atoms with Crippen molar-refractivity contribution in [3.63, 3.8) is 0 Å². The van der Waals surface area contributed by atoms with Crippen LogP contribution >= 0.6 is 11.6 Å². The second-order valence-corrected chi connectivity index (χ2v) is 8.59. The molecule has 0 saturated carbocycles. The van der Waals surface area contributed by atoms with Crippen LogP contribution in [0.2, 0.25) is 5.02 Å². The summed E-state index contributed by atoms with van der Waals surface area (Å²) in [6, 6.07) is 7.24. The van der Waals surface area contributed by atoms with Gasteiger partial charge < -0.3 is 26.2 Å². The summed E-state index contributed by atoms with van der Waals surface area (Å²) < 4.78 is 21.0. The molecule has 1 atom stereocenters. The molecule has 2 amide bonds. The number of carbonyl (C=O) groups is 2. The molecule has 1 aromatic carbocycles. The average Bonchev–Trinajstić information content (AvgIpc) is 3.22. The van der Waals surface area contributed by atoms with E-state index in [4.69, 9.17) is 32.9 Å². The molecule has 0 spiro atoms. The Labute approximate surface area is 210 Å². The Bertz CT molecular complexity index is 1310. The van der Waals surface area contributed by atoms with E-state index in [0.29, 0.717) is 37.2 Å². The van der Waals surface area contributed by atoms with Gasteiger partial charge >= 0.3 is 0 Å². The fourth-order valence-corrected chi connectivity index (χ4v) is 4.20. The number of ether oxygens (including phenoxy) is 1. The van der Waals surface area contributed by atoms with Gasteiger partial charge in [-0.25, -0.2) is 14.1 Å². The van der Waals surface area contributed by atoms with Gasteiger partial charge in [-0.1, -0.05) is 17.7 Å². The quantitative estimate of drug-likeness (QED) is 0.410. The number of nitrogens with two attached hydrogens (primary N) is 2. The molecule has 5 N–H and O–H groups in total. The van der Waals surface area contributed by atoms with Crippen molar-refractivity contribution in [1.29, 1.82) is 0 Å². The average molecular weight is 515 g/mol. The summed E-state index contributed by atoms with van der Waals surface area (Å²) in [5, 5.41) is 13.7. The van der Waals surface area contributed by atoms with E-state index in [2.05, 4.69) is 10.1 Å². The first-order chi connectivity index (χ1) is 17.3. The number of likely N-dealkylation sites (tertiary alicyclic amines) is 1. The van der Waals surface area contributed by atoms with Crippen molar-refractivity contribution in [2.45, 2.75) is 18.9 Å². The maximum absolute atomic E-state index is 14.0. The molecule has 4 rings (SSSR count). The molecular weight excluding hydrogens is 491 g/mol. The highest BCUT2D eigenvalue weighted by Crippen LogP contribution is 2.33. The summed E-state index contributed by atoms with van der Waals surface area (Å²) in [6.07, 6.45) is 5.38. The third-order valence-corrected chi connectivity index (χ3v) is 5.94. The Morgan fingerprint density at radius 3 is 2.72 bits per heavy atom. The van der Waals surface area contributed by atoms with Crippen LogP contribution in [-0.4, -0.2) is 56.3 Å². The van der Waals surface area contributed by atoms with Gasteiger partial charge in [0.25, 0.3) is 11.8 Å². The third-order valence-electron chi connectivity index (χ3n) is 5.73. The topological polar surface area (TPSA) is 150 Å². The Hall–Kier alpha value is -3.96. The van der Waals surface area contributed by atoms with Crippen molar-refractivity contribution < 1.29 is 23.8 Å². The molecular formula is C24H24ClFN6O4. The number of piperidine rings is 1. The normalized spacial score (nSPS) is 15.9. The lowest BCUT2D eigenvalue weighted by Crippen LogP contribution is -2.40. The Morgan fingerprint density at radius 2 is 2.06 bits per heavy atom. The molecule has 36 heavy (non-hydrogen) atoms. The summed E-state index contributed by atoms with van der Waals surface area (Å²) in [6.45, 7) is 0.673. The highest BCUT2D eigenvalue weighted by molar-refractivity contribution is 6.30. The zero-order valence-electron chi connectivity index (χ0n) is 19.1. The van der Waals surface area contributed by atoms with Crippen LogP contribution in [0.15, 0.2) is 48.7 Å². The number of aliphatic hydroxyl groups excluding tert-OH is 1. The van der Waals surface area contributed by atoms with E-state index in [0.717, 1.165) is 6.07 Å². The molecule has 0 aliphatic carbocycles. The number of benzene rings is 1. The lowest BCUT2D eigenvalue weighted by molar-refractivity contribution is -0.127. The van der Waals surface area contributed by atoms with Gasteiger partial charge in [-0.05, 0) is 43.2 Å². The fourth-order valence-electron chi connectivity index (χ4n) is 4.05. The number of rotatable bonds is 7. The van der Waals surface area contributed by atoms with Gasteiger partial charge in [0.05, 0.1) is 17.7 Å². The molecule has 0 radical (unpaired) electrons. The van der Waals surface area contributed by atoms with Crippen LogP contribution in [0.25, 0.3) is 11.3 Å². The Balaban J connectivity index is 1.60. The number of anilines is 1. The first-order valence-corrected chi connectivity index (χ1v) is 11.5. The molecule has 1 fully saturated rings. The van der Waals surface area contributed by atoms with Crippen molar-refractivity contribution >= 4 is 29.2 Å². The predicted octanol–water partition coefficient (Wildman–Crippen LogP) is 2.92. The lowest BCUT2D eigenvalue weighted by atomic mass is 10.1. The number of carbonyl (C=O) groups excluding carboxylic acids is 2. The van der Waals surface area contributed by atoms with E-state index in [-0.39, 0.29) is 46.5 Å². The van der Waals surface area contributed by atoms with Gasteiger partial charge in [0.2, 0.25) is 5.91 Å². The molecule has 0 bridgehead atoms. The minimum atomic E-state index is -0.740. The van der Waals surface area contributed by atoms with Crippen LogP contribution in [0.3, 0.4) is 0 Å². The van der Waals surface area contributed by atoms with Crippen LogP contribution in [0.5, 0.6) is 11.6 Å². The second-order valence-electron chi connectivity index (χ2n) is 8.15. The first-order valence-electron chi connectivity index (χ1n) is 11.1. The molecule has 2 aromatic heterocycles. The largest absolute Gasteiger partial charge is 0.436 e. The summed E-state index contributed by atoms with van der Waals surface area (Å²) in [5.41, 5.74) is 12.8. The highest BCUT2D eigenvalue weighted by atomic mass is 35.5. The van der Waals surface area contributed by atoms with Gasteiger partial charge in [0, 0.05) is 30.9 Å². The van der Waals surface area contributed by atoms with Crippen molar-refractivity contribution in [3.05, 3.63) is 65.1 Å². The number of hydrogen-bond acceptors (Lipinski definition) is 7. The summed E-state index contributed by atoms with van der Waals surface area (Å²) >= 11 is 5.72. The van der Waals surface area contributed by atoms with E-state index in [1.165, 1.54) is 23.0 Å². The molecule has 3 aromatic rings. The van der Waals surface area contributed by atoms with Gasteiger partial charge in [-0.2, -0.15) is 5.10 Å². The van der Waals surface area contributed by atoms with Crippen LogP contribution in [0, 0.1) is 5.82 Å². The monoisotopic (exact) mass is 514 g/mol. The van der Waals surface area contributed by atoms with Gasteiger partial charge in [-0.15, -0.1) is 0 Å². The number of primary amides is 1. The van der Waals surface area contributed by atoms with E-state index in [1.807, 2.05) is 0 Å². The molecule has 188 valence electrons. The van der Waals surface area contributed by atoms with Crippen LogP contribution < -0.4 is 16.2 Å². The van der Waals surface area contributed by atoms with Crippen molar-refractivity contribution in [3.8, 4) is 22.9 Å². The fraction of sp³-hybridized carbons (Fsp3) is 0.250. The van der Waals surface area contributed by atoms with Crippen LogP contribution in [-0.2, 0) is 4.79 Å². The maximum atomic E-state index is 14.0. The minimum absolute atomic E-state index is 0.0673. The van der Waals surface area contributed by atoms with Gasteiger partial charge in [0.1, 0.15) is 22.8 Å². The zero-order chi connectivity index (χ0) is 25.8. The highest BCUT2D eigenvalue weighted by Gasteiger charge is 2.29. The molecule has 3 heterocycles. The minimum Gasteiger partial charge on any atom is -0.436 e. The number of amides is 2. The molecule has 1 saturated heterocycles. The molecule has 1 aliphatic heterocycles. The van der Waals surface area contributed by atoms with Crippen LogP contribution in [0.1, 0.15) is 29.2 Å². The summed E-state index contributed by atoms with van der Waals surface area (Å²) in [4.78, 5) is 30.1. The van der Waals surface area contributed by atoms with Gasteiger partial charge in [0.15, 0.2) is 5.82 Å². The standard InChI is InChI=1S/C24H24ClFN6O4/c25-15-11-18(26)24(29-12-15)36-17-7-5-14(6-8-17)21-20(23(28)35)22(27)32(30-21)16-3-1-9-31(13-16)19(34)4-2-10-33/h2,4-8,11-12,16,33H,1,3,9-10,13,27H2,(H2,28,35)/t16-/m1/s1. The molecule has 12 heteroatoms. The van der Waals surface area contributed by atoms with Crippen molar-refractivity contribution in [2.24, 2.45) is 5.73 Å². The molecule has 0 unspecified atom stereocenters. The van der Waals surface area contributed by atoms with Gasteiger partial charge in [-0.3, -0.25) is 9.59 Å². The number of hydrogen-bond donors (Lipinski definition) is 3. The predicted molar refractivity (Wildman–Crippen MR) is 131 cm³/mol. The second kappa shape index (κ2) is 10.8. The van der Waals surface area contributed by atoms with E-state index >= 15 is 0 Å². The first kappa shape index (κ1) is 25.1. The number of aromatic nitrogens is 3. The number of nitrogen functional groups attached to an aromatic ring is 1. The smallest absolute Gasteiger partial charge is 0.255 e. The van der Waals surface area contributed by atoms with E-state index in [9.17, 15) is 14.0 Å². The number of nitrogens with zero attached hydrogens (tertiary/aromatic N) is 4. The number of pyridine rings is 1. The van der Waals surface area contributed by atoms with Crippen molar-refractivity contribution in [2.75, 3.05) is 25.4 Å². The third kappa shape index (κ3) is 5.31. The molecule has 10 nitrogen and oxygen atoms in total. The number of aliphatic hydroxyl groups is 1. The Morgan fingerprint density at radius 1 is 1.31 bits per heavy atom. The SMILES string of the molecule is NC(=O)c1c(-c2ccc(Oc3ncc(Cl)cc3F)cc2)nn([C@@H]2CCCN(C(=O)C=CCO)C2)c1N. The lowest BCUT2D eigenvalue weighted by Gasteiger charge is -2.32. The Kier molecular flexibility index (Phi) is 7.51. The van der Waals surface area contributed by atoms with E-state index in [1.54, 1.807) is 29.2 Å². The van der Waals surface area contributed by atoms with Crippen LogP contribution in [0.4, 0.5) is 10.2 Å². The maximum Gasteiger partial charge on any atom is 0.255 e. The van der Waals surface area contributed by atoms with Crippen molar-refractivity contribution in [1.82, 2.24) is 19.7 Å². The zero-order valence-corrected chi connectivity index (χ0v) is 19.9. The van der Waals surface area contributed by atoms with E-state index < -0.39 is 11.7 Å². The molecule has 1 aliphatic rings. The summed E-state index contributed by atoms with van der Waals surface area (Å²) in [5.74, 6) is -1.49. The number of halogens is 2.